The number of methoxy groups -OCH3 is 1. The molecule has 3 aromatic rings. The molecule has 3 aromatic carbocycles. The third kappa shape index (κ3) is 5.78. The lowest BCUT2D eigenvalue weighted by atomic mass is 9.98. The van der Waals surface area contributed by atoms with Gasteiger partial charge in [-0.25, -0.2) is 4.79 Å². The zero-order valence-electron chi connectivity index (χ0n) is 23.2. The second-order valence-electron chi connectivity index (χ2n) is 9.77. The summed E-state index contributed by atoms with van der Waals surface area (Å²) in [5, 5.41) is 6.28. The number of nitrogens with one attached hydrogen (secondary N) is 2. The molecule has 0 bridgehead atoms. The third-order valence-corrected chi connectivity index (χ3v) is 6.71. The molecule has 0 spiro atoms. The van der Waals surface area contributed by atoms with Crippen molar-refractivity contribution >= 4 is 46.1 Å². The number of anilines is 3. The van der Waals surface area contributed by atoms with Gasteiger partial charge in [-0.1, -0.05) is 6.07 Å². The highest BCUT2D eigenvalue weighted by Crippen LogP contribution is 2.40. The van der Waals surface area contributed by atoms with Crippen LogP contribution in [0.15, 0.2) is 73.2 Å². The van der Waals surface area contributed by atoms with Gasteiger partial charge in [0.2, 0.25) is 5.91 Å². The standard InChI is InChI=1S/C31H30N4O6/c1-19(36)35(14-13-34(2)3)23-9-7-22(8-10-23)32-29(20-6-12-26-27(18-20)41-16-15-40-26)28-24-11-5-21(31(38)39-4)17-25(24)33-30(28)37/h5-12,15-18,32H,13-14H2,1-4H3,(H,33,37). The number of rotatable bonds is 8. The van der Waals surface area contributed by atoms with E-state index in [9.17, 15) is 14.4 Å². The van der Waals surface area contributed by atoms with Gasteiger partial charge in [0.15, 0.2) is 11.5 Å². The molecule has 2 aliphatic heterocycles. The predicted molar refractivity (Wildman–Crippen MR) is 157 cm³/mol. The monoisotopic (exact) mass is 554 g/mol. The summed E-state index contributed by atoms with van der Waals surface area (Å²) in [5.74, 6) is 0.167. The number of carbonyl (C=O) groups excluding carboxylic acids is 3. The molecule has 0 fully saturated rings. The van der Waals surface area contributed by atoms with Crippen LogP contribution in [0.3, 0.4) is 0 Å². The van der Waals surface area contributed by atoms with Gasteiger partial charge >= 0.3 is 5.97 Å². The van der Waals surface area contributed by atoms with E-state index in [0.29, 0.717) is 57.4 Å². The summed E-state index contributed by atoms with van der Waals surface area (Å²) in [6.07, 6.45) is 2.89. The molecular formula is C31H30N4O6. The van der Waals surface area contributed by atoms with E-state index in [-0.39, 0.29) is 11.8 Å². The van der Waals surface area contributed by atoms with Crippen LogP contribution in [-0.4, -0.2) is 57.0 Å². The van der Waals surface area contributed by atoms with Crippen molar-refractivity contribution in [2.45, 2.75) is 6.92 Å². The molecule has 2 heterocycles. The maximum Gasteiger partial charge on any atom is 0.337 e. The molecule has 0 aromatic heterocycles. The summed E-state index contributed by atoms with van der Waals surface area (Å²) in [5.41, 5.74) is 4.52. The van der Waals surface area contributed by atoms with Crippen molar-refractivity contribution < 1.29 is 28.6 Å². The normalized spacial score (nSPS) is 14.3. The fourth-order valence-electron chi connectivity index (χ4n) is 4.64. The number of nitrogens with zero attached hydrogens (tertiary/aromatic N) is 2. The van der Waals surface area contributed by atoms with Crippen molar-refractivity contribution in [3.63, 3.8) is 0 Å². The van der Waals surface area contributed by atoms with Crippen LogP contribution in [0, 0.1) is 0 Å². The fourth-order valence-corrected chi connectivity index (χ4v) is 4.64. The fraction of sp³-hybridized carbons (Fsp3) is 0.194. The van der Waals surface area contributed by atoms with Crippen LogP contribution in [0.25, 0.3) is 11.3 Å². The minimum absolute atomic E-state index is 0.0498. The molecule has 2 aliphatic rings. The van der Waals surface area contributed by atoms with E-state index >= 15 is 0 Å². The number of hydrogen-bond acceptors (Lipinski definition) is 8. The van der Waals surface area contributed by atoms with Crippen LogP contribution in [0.4, 0.5) is 17.1 Å². The number of fused-ring (bicyclic) bond motifs is 2. The lowest BCUT2D eigenvalue weighted by Crippen LogP contribution is -2.35. The Kier molecular flexibility index (Phi) is 7.75. The van der Waals surface area contributed by atoms with Gasteiger partial charge in [-0.05, 0) is 68.7 Å². The minimum atomic E-state index is -0.497. The number of likely N-dealkylation sites (N-methyl/N-ethyl adjacent to an activating group) is 1. The Labute approximate surface area is 237 Å². The highest BCUT2D eigenvalue weighted by atomic mass is 16.5. The molecule has 2 N–H and O–H groups in total. The van der Waals surface area contributed by atoms with Crippen molar-refractivity contribution in [3.8, 4) is 11.5 Å². The molecule has 41 heavy (non-hydrogen) atoms. The summed E-state index contributed by atoms with van der Waals surface area (Å²) in [6, 6.07) is 17.8. The van der Waals surface area contributed by atoms with Crippen LogP contribution in [-0.2, 0) is 14.3 Å². The Hall–Kier alpha value is -5.09. The van der Waals surface area contributed by atoms with Crippen LogP contribution < -0.4 is 25.0 Å². The highest BCUT2D eigenvalue weighted by Gasteiger charge is 2.30. The Bertz CT molecular complexity index is 1580. The zero-order valence-corrected chi connectivity index (χ0v) is 23.2. The first-order valence-corrected chi connectivity index (χ1v) is 13.0. The van der Waals surface area contributed by atoms with Gasteiger partial charge in [0.25, 0.3) is 5.91 Å². The number of amides is 2. The minimum Gasteiger partial charge on any atom is -0.465 e. The van der Waals surface area contributed by atoms with Gasteiger partial charge in [0, 0.05) is 42.5 Å². The van der Waals surface area contributed by atoms with E-state index in [0.717, 1.165) is 12.2 Å². The second-order valence-corrected chi connectivity index (χ2v) is 9.77. The van der Waals surface area contributed by atoms with Crippen molar-refractivity contribution in [1.29, 1.82) is 0 Å². The quantitative estimate of drug-likeness (QED) is 0.308. The molecule has 5 rings (SSSR count). The second kappa shape index (κ2) is 11.6. The number of carbonyl (C=O) groups is 3. The number of esters is 1. The molecule has 210 valence electrons. The van der Waals surface area contributed by atoms with Crippen LogP contribution in [0.5, 0.6) is 11.5 Å². The first-order valence-electron chi connectivity index (χ1n) is 13.0. The summed E-state index contributed by atoms with van der Waals surface area (Å²) in [7, 11) is 5.23. The van der Waals surface area contributed by atoms with Crippen LogP contribution >= 0.6 is 0 Å². The van der Waals surface area contributed by atoms with Crippen molar-refractivity contribution in [1.82, 2.24) is 4.90 Å². The molecule has 0 unspecified atom stereocenters. The number of benzene rings is 3. The Morgan fingerprint density at radius 2 is 1.61 bits per heavy atom. The Balaban J connectivity index is 1.56. The average Bonchev–Trinajstić information content (AvgIpc) is 3.30. The topological polar surface area (TPSA) is 109 Å². The lowest BCUT2D eigenvalue weighted by molar-refractivity contribution is -0.116. The molecule has 0 aliphatic carbocycles. The summed E-state index contributed by atoms with van der Waals surface area (Å²) >= 11 is 0. The maximum absolute atomic E-state index is 13.4. The van der Waals surface area contributed by atoms with Crippen LogP contribution in [0.1, 0.15) is 28.4 Å². The third-order valence-electron chi connectivity index (χ3n) is 6.71. The molecule has 10 heteroatoms. The van der Waals surface area contributed by atoms with E-state index in [1.54, 1.807) is 42.2 Å². The van der Waals surface area contributed by atoms with Gasteiger partial charge in [-0.2, -0.15) is 0 Å². The first kappa shape index (κ1) is 27.5. The number of hydrogen-bond donors (Lipinski definition) is 2. The van der Waals surface area contributed by atoms with E-state index in [4.69, 9.17) is 14.2 Å². The van der Waals surface area contributed by atoms with Crippen LogP contribution in [0.2, 0.25) is 0 Å². The van der Waals surface area contributed by atoms with Gasteiger partial charge in [0.1, 0.15) is 12.5 Å². The number of ether oxygens (including phenoxy) is 3. The molecular weight excluding hydrogens is 524 g/mol. The molecule has 0 saturated carbocycles. The van der Waals surface area contributed by atoms with Gasteiger partial charge in [-0.15, -0.1) is 0 Å². The summed E-state index contributed by atoms with van der Waals surface area (Å²) < 4.78 is 16.0. The van der Waals surface area contributed by atoms with E-state index < -0.39 is 5.97 Å². The largest absolute Gasteiger partial charge is 0.465 e. The highest BCUT2D eigenvalue weighted by molar-refractivity contribution is 6.37. The average molecular weight is 555 g/mol. The van der Waals surface area contributed by atoms with Gasteiger partial charge in [-0.3, -0.25) is 9.59 Å². The molecule has 0 atom stereocenters. The lowest BCUT2D eigenvalue weighted by Gasteiger charge is -2.23. The van der Waals surface area contributed by atoms with E-state index in [2.05, 4.69) is 10.6 Å². The van der Waals surface area contributed by atoms with Crippen molar-refractivity contribution in [2.75, 3.05) is 49.8 Å². The zero-order chi connectivity index (χ0) is 29.1. The van der Waals surface area contributed by atoms with E-state index in [1.807, 2.05) is 49.3 Å². The Morgan fingerprint density at radius 3 is 2.29 bits per heavy atom. The van der Waals surface area contributed by atoms with E-state index in [1.165, 1.54) is 19.6 Å². The molecule has 10 nitrogen and oxygen atoms in total. The molecule has 2 amide bonds. The smallest absolute Gasteiger partial charge is 0.337 e. The van der Waals surface area contributed by atoms with Gasteiger partial charge < -0.3 is 34.6 Å². The van der Waals surface area contributed by atoms with Gasteiger partial charge in [0.05, 0.1) is 29.6 Å². The molecule has 0 radical (unpaired) electrons. The Morgan fingerprint density at radius 1 is 0.902 bits per heavy atom. The first-order chi connectivity index (χ1) is 19.7. The van der Waals surface area contributed by atoms with Crippen molar-refractivity contribution in [3.05, 3.63) is 89.9 Å². The molecule has 0 saturated heterocycles. The summed E-state index contributed by atoms with van der Waals surface area (Å²) in [6.45, 7) is 2.82. The summed E-state index contributed by atoms with van der Waals surface area (Å²) in [4.78, 5) is 41.5. The SMILES string of the molecule is COC(=O)c1ccc2c(c1)NC(=O)C2=C(Nc1ccc(N(CCN(C)C)C(C)=O)cc1)c1ccc2c(c1)OC=CO2. The van der Waals surface area contributed by atoms with Crippen molar-refractivity contribution in [2.24, 2.45) is 0 Å². The maximum atomic E-state index is 13.4. The predicted octanol–water partition coefficient (Wildman–Crippen LogP) is 4.56.